The number of fused-ring (bicyclic) bond motifs is 3. The number of carboxylic acids is 1. The molecule has 3 atom stereocenters. The predicted molar refractivity (Wildman–Crippen MR) is 126 cm³/mol. The van der Waals surface area contributed by atoms with Crippen LogP contribution in [0.15, 0.2) is 18.2 Å². The summed E-state index contributed by atoms with van der Waals surface area (Å²) in [5, 5.41) is 9.37. The van der Waals surface area contributed by atoms with E-state index in [1.807, 2.05) is 30.0 Å². The summed E-state index contributed by atoms with van der Waals surface area (Å²) in [6, 6.07) is 5.79. The van der Waals surface area contributed by atoms with Crippen LogP contribution in [-0.4, -0.2) is 54.3 Å². The van der Waals surface area contributed by atoms with Gasteiger partial charge in [0.25, 0.3) is 0 Å². The Morgan fingerprint density at radius 2 is 1.97 bits per heavy atom. The summed E-state index contributed by atoms with van der Waals surface area (Å²) in [5.41, 5.74) is 0.266. The lowest BCUT2D eigenvalue weighted by Gasteiger charge is -2.59. The Balaban J connectivity index is 1.29. The molecule has 1 spiro atoms. The third-order valence-electron chi connectivity index (χ3n) is 8.72. The summed E-state index contributed by atoms with van der Waals surface area (Å²) in [5.74, 6) is 1.61. The van der Waals surface area contributed by atoms with E-state index < -0.39 is 11.6 Å². The van der Waals surface area contributed by atoms with E-state index in [0.717, 1.165) is 37.4 Å². The van der Waals surface area contributed by atoms with E-state index >= 15 is 0 Å². The molecular weight excluding hydrogens is 434 g/mol. The molecule has 7 heteroatoms. The van der Waals surface area contributed by atoms with Crippen molar-refractivity contribution < 1.29 is 28.9 Å². The largest absolute Gasteiger partial charge is 0.497 e. The van der Waals surface area contributed by atoms with Gasteiger partial charge in [-0.1, -0.05) is 25.7 Å². The standard InChI is InChI=1S/C27H37NO6/c1-26(12-11-24(30)31)21-14-27(15-28(16-27)23(29)10-7-18-5-3-4-6-18)17-33-25(21)20-9-8-19(32-2)13-22(20)34-26/h8-9,13,18,21,25H,3-7,10-12,14-17H2,1-2H3,(H,30,31)/t21-,25+,26+/m0/s1. The van der Waals surface area contributed by atoms with Crippen molar-refractivity contribution in [2.24, 2.45) is 17.3 Å². The van der Waals surface area contributed by atoms with Gasteiger partial charge in [-0.3, -0.25) is 9.59 Å². The molecule has 3 heterocycles. The van der Waals surface area contributed by atoms with Crippen molar-refractivity contribution in [3.8, 4) is 11.5 Å². The molecule has 0 unspecified atom stereocenters. The minimum atomic E-state index is -0.827. The Morgan fingerprint density at radius 3 is 2.68 bits per heavy atom. The molecule has 1 aromatic rings. The first-order chi connectivity index (χ1) is 16.3. The highest BCUT2D eigenvalue weighted by Crippen LogP contribution is 2.56. The van der Waals surface area contributed by atoms with E-state index in [4.69, 9.17) is 14.2 Å². The molecule has 3 fully saturated rings. The Kier molecular flexibility index (Phi) is 6.25. The summed E-state index contributed by atoms with van der Waals surface area (Å²) in [6.45, 7) is 4.08. The fourth-order valence-corrected chi connectivity index (χ4v) is 6.69. The molecule has 1 saturated carbocycles. The second-order valence-corrected chi connectivity index (χ2v) is 11.2. The van der Waals surface area contributed by atoms with Crippen molar-refractivity contribution in [2.45, 2.75) is 76.4 Å². The molecule has 4 aliphatic rings. The minimum Gasteiger partial charge on any atom is -0.497 e. The van der Waals surface area contributed by atoms with Crippen LogP contribution in [0.4, 0.5) is 0 Å². The third-order valence-corrected chi connectivity index (χ3v) is 8.72. The van der Waals surface area contributed by atoms with Crippen LogP contribution in [0.2, 0.25) is 0 Å². The van der Waals surface area contributed by atoms with Gasteiger partial charge in [0.05, 0.1) is 19.8 Å². The summed E-state index contributed by atoms with van der Waals surface area (Å²) >= 11 is 0. The van der Waals surface area contributed by atoms with E-state index in [2.05, 4.69) is 0 Å². The first kappa shape index (κ1) is 23.5. The van der Waals surface area contributed by atoms with Crippen LogP contribution in [0.1, 0.15) is 76.4 Å². The highest BCUT2D eigenvalue weighted by molar-refractivity contribution is 5.77. The topological polar surface area (TPSA) is 85.3 Å². The maximum atomic E-state index is 12.8. The van der Waals surface area contributed by atoms with Crippen molar-refractivity contribution in [1.82, 2.24) is 4.90 Å². The molecule has 186 valence electrons. The number of methoxy groups -OCH3 is 1. The molecule has 1 aromatic carbocycles. The Hall–Kier alpha value is -2.28. The van der Waals surface area contributed by atoms with Crippen LogP contribution < -0.4 is 9.47 Å². The molecule has 1 aliphatic carbocycles. The second-order valence-electron chi connectivity index (χ2n) is 11.2. The molecule has 5 rings (SSSR count). The van der Waals surface area contributed by atoms with Gasteiger partial charge >= 0.3 is 5.97 Å². The Morgan fingerprint density at radius 1 is 1.21 bits per heavy atom. The number of carbonyl (C=O) groups is 2. The normalized spacial score (nSPS) is 29.6. The monoisotopic (exact) mass is 471 g/mol. The number of amides is 1. The second kappa shape index (κ2) is 9.06. The minimum absolute atomic E-state index is 0.0252. The van der Waals surface area contributed by atoms with Crippen molar-refractivity contribution in [2.75, 3.05) is 26.8 Å². The molecule has 34 heavy (non-hydrogen) atoms. The molecule has 0 bridgehead atoms. The first-order valence-electron chi connectivity index (χ1n) is 12.8. The summed E-state index contributed by atoms with van der Waals surface area (Å²) in [4.78, 5) is 26.2. The van der Waals surface area contributed by atoms with Crippen LogP contribution in [0.3, 0.4) is 0 Å². The lowest BCUT2D eigenvalue weighted by Crippen LogP contribution is -2.65. The molecular formula is C27H37NO6. The van der Waals surface area contributed by atoms with E-state index in [1.165, 1.54) is 25.7 Å². The molecule has 3 aliphatic heterocycles. The Labute approximate surface area is 201 Å². The van der Waals surface area contributed by atoms with E-state index in [-0.39, 0.29) is 29.8 Å². The van der Waals surface area contributed by atoms with Crippen molar-refractivity contribution in [1.29, 1.82) is 0 Å². The lowest BCUT2D eigenvalue weighted by molar-refractivity contribution is -0.206. The van der Waals surface area contributed by atoms with Crippen molar-refractivity contribution >= 4 is 11.9 Å². The number of carbonyl (C=O) groups excluding carboxylic acids is 1. The van der Waals surface area contributed by atoms with Gasteiger partial charge in [-0.15, -0.1) is 0 Å². The number of hydrogen-bond acceptors (Lipinski definition) is 5. The SMILES string of the molecule is COc1ccc2c(c1)O[C@](C)(CCC(=O)O)[C@H]1CC3(CO[C@H]21)CN(C(=O)CCC1CCCC1)C3. The zero-order chi connectivity index (χ0) is 23.9. The third kappa shape index (κ3) is 4.39. The van der Waals surface area contributed by atoms with Crippen LogP contribution in [0.5, 0.6) is 11.5 Å². The fourth-order valence-electron chi connectivity index (χ4n) is 6.69. The zero-order valence-corrected chi connectivity index (χ0v) is 20.4. The quantitative estimate of drug-likeness (QED) is 0.626. The maximum Gasteiger partial charge on any atom is 0.303 e. The van der Waals surface area contributed by atoms with E-state index in [9.17, 15) is 14.7 Å². The van der Waals surface area contributed by atoms with Crippen molar-refractivity contribution in [3.05, 3.63) is 23.8 Å². The number of hydrogen-bond donors (Lipinski definition) is 1. The van der Waals surface area contributed by atoms with Gasteiger partial charge in [0, 0.05) is 48.9 Å². The van der Waals surface area contributed by atoms with Crippen LogP contribution >= 0.6 is 0 Å². The molecule has 7 nitrogen and oxygen atoms in total. The van der Waals surface area contributed by atoms with Gasteiger partial charge in [-0.2, -0.15) is 0 Å². The molecule has 0 radical (unpaired) electrons. The summed E-state index contributed by atoms with van der Waals surface area (Å²) in [7, 11) is 1.62. The molecule has 2 saturated heterocycles. The number of carboxylic acid groups (broad SMARTS) is 1. The van der Waals surface area contributed by atoms with Gasteiger partial charge in [0.1, 0.15) is 17.1 Å². The van der Waals surface area contributed by atoms with Gasteiger partial charge in [0.2, 0.25) is 5.91 Å². The maximum absolute atomic E-state index is 12.8. The summed E-state index contributed by atoms with van der Waals surface area (Å²) < 4.78 is 18.4. The van der Waals surface area contributed by atoms with Crippen LogP contribution in [0.25, 0.3) is 0 Å². The molecule has 1 amide bonds. The smallest absolute Gasteiger partial charge is 0.303 e. The number of likely N-dealkylation sites (tertiary alicyclic amines) is 1. The predicted octanol–water partition coefficient (Wildman–Crippen LogP) is 4.59. The van der Waals surface area contributed by atoms with Gasteiger partial charge < -0.3 is 24.2 Å². The number of benzene rings is 1. The molecule has 1 N–H and O–H groups in total. The average Bonchev–Trinajstić information content (AvgIpc) is 3.33. The van der Waals surface area contributed by atoms with Gasteiger partial charge in [0.15, 0.2) is 0 Å². The van der Waals surface area contributed by atoms with Crippen molar-refractivity contribution in [3.63, 3.8) is 0 Å². The number of aliphatic carboxylic acids is 1. The van der Waals surface area contributed by atoms with Gasteiger partial charge in [-0.25, -0.2) is 0 Å². The molecule has 0 aromatic heterocycles. The van der Waals surface area contributed by atoms with Crippen LogP contribution in [-0.2, 0) is 14.3 Å². The van der Waals surface area contributed by atoms with E-state index in [0.29, 0.717) is 30.9 Å². The first-order valence-corrected chi connectivity index (χ1v) is 12.8. The summed E-state index contributed by atoms with van der Waals surface area (Å²) in [6.07, 6.45) is 8.01. The number of rotatable bonds is 7. The lowest BCUT2D eigenvalue weighted by atomic mass is 9.63. The fraction of sp³-hybridized carbons (Fsp3) is 0.704. The highest BCUT2D eigenvalue weighted by atomic mass is 16.5. The highest BCUT2D eigenvalue weighted by Gasteiger charge is 2.57. The average molecular weight is 472 g/mol. The zero-order valence-electron chi connectivity index (χ0n) is 20.4. The number of ether oxygens (including phenoxy) is 3. The van der Waals surface area contributed by atoms with E-state index in [1.54, 1.807) is 7.11 Å². The van der Waals surface area contributed by atoms with Gasteiger partial charge in [-0.05, 0) is 44.2 Å². The van der Waals surface area contributed by atoms with Crippen LogP contribution in [0, 0.1) is 17.3 Å². The number of nitrogens with zero attached hydrogens (tertiary/aromatic N) is 1. The Bertz CT molecular complexity index is 935.